The van der Waals surface area contributed by atoms with Gasteiger partial charge in [0, 0.05) is 19.1 Å². The average molecular weight is 380 g/mol. The van der Waals surface area contributed by atoms with Gasteiger partial charge in [0.15, 0.2) is 11.6 Å². The Morgan fingerprint density at radius 1 is 1.26 bits per heavy atom. The molecule has 0 spiro atoms. The first kappa shape index (κ1) is 21.0. The predicted octanol–water partition coefficient (Wildman–Crippen LogP) is 3.50. The molecule has 0 radical (unpaired) electrons. The lowest BCUT2D eigenvalue weighted by Gasteiger charge is -2.36. The number of rotatable bonds is 6. The average Bonchev–Trinajstić information content (AvgIpc) is 2.60. The number of carbonyl (C=O) groups is 2. The van der Waals surface area contributed by atoms with Crippen LogP contribution in [-0.4, -0.2) is 48.2 Å². The zero-order valence-electron chi connectivity index (χ0n) is 16.3. The lowest BCUT2D eigenvalue weighted by molar-refractivity contribution is -0.135. The van der Waals surface area contributed by atoms with Crippen molar-refractivity contribution in [1.82, 2.24) is 10.2 Å². The normalized spacial score (nSPS) is 17.3. The van der Waals surface area contributed by atoms with Crippen molar-refractivity contribution in [3.05, 3.63) is 30.1 Å². The van der Waals surface area contributed by atoms with Gasteiger partial charge < -0.3 is 19.7 Å². The number of halogens is 1. The predicted molar refractivity (Wildman–Crippen MR) is 100 cm³/mol. The molecule has 0 aromatic heterocycles. The molecule has 0 bridgehead atoms. The van der Waals surface area contributed by atoms with Crippen LogP contribution in [0, 0.1) is 5.82 Å². The lowest BCUT2D eigenvalue weighted by Crippen LogP contribution is -2.50. The van der Waals surface area contributed by atoms with Gasteiger partial charge in [0.05, 0.1) is 13.0 Å². The molecule has 27 heavy (non-hydrogen) atoms. The van der Waals surface area contributed by atoms with E-state index in [1.54, 1.807) is 37.8 Å². The molecule has 1 heterocycles. The van der Waals surface area contributed by atoms with Gasteiger partial charge in [-0.1, -0.05) is 12.1 Å². The fourth-order valence-electron chi connectivity index (χ4n) is 3.01. The first-order chi connectivity index (χ1) is 12.8. The molecule has 1 unspecified atom stereocenters. The van der Waals surface area contributed by atoms with Crippen LogP contribution < -0.4 is 10.1 Å². The molecule has 1 N–H and O–H groups in total. The van der Waals surface area contributed by atoms with Crippen molar-refractivity contribution in [2.75, 3.05) is 19.7 Å². The zero-order chi connectivity index (χ0) is 19.9. The third-order valence-electron chi connectivity index (χ3n) is 4.24. The Morgan fingerprint density at radius 2 is 2.00 bits per heavy atom. The third-order valence-corrected chi connectivity index (χ3v) is 4.24. The molecule has 1 aliphatic heterocycles. The van der Waals surface area contributed by atoms with Gasteiger partial charge in [-0.05, 0) is 52.2 Å². The summed E-state index contributed by atoms with van der Waals surface area (Å²) in [6, 6.07) is 6.06. The monoisotopic (exact) mass is 380 g/mol. The summed E-state index contributed by atoms with van der Waals surface area (Å²) < 4.78 is 24.2. The SMILES string of the molecule is CC(C)(C)OC(=O)NCC1CCCCN1C(=O)CCOc1ccccc1F. The largest absolute Gasteiger partial charge is 0.490 e. The number of para-hydroxylation sites is 1. The van der Waals surface area contributed by atoms with E-state index in [9.17, 15) is 14.0 Å². The number of nitrogens with one attached hydrogen (secondary N) is 1. The topological polar surface area (TPSA) is 67.9 Å². The standard InChI is InChI=1S/C20H29FN2O4/c1-20(2,3)27-19(25)22-14-15-8-6-7-12-23(15)18(24)11-13-26-17-10-5-4-9-16(17)21/h4-5,9-10,15H,6-8,11-14H2,1-3H3,(H,22,25). The molecule has 7 heteroatoms. The molecular weight excluding hydrogens is 351 g/mol. The molecule has 2 rings (SSSR count). The van der Waals surface area contributed by atoms with Crippen LogP contribution in [0.15, 0.2) is 24.3 Å². The minimum atomic E-state index is -0.559. The van der Waals surface area contributed by atoms with Crippen molar-refractivity contribution >= 4 is 12.0 Å². The van der Waals surface area contributed by atoms with E-state index >= 15 is 0 Å². The smallest absolute Gasteiger partial charge is 0.407 e. The van der Waals surface area contributed by atoms with Crippen LogP contribution in [0.1, 0.15) is 46.5 Å². The summed E-state index contributed by atoms with van der Waals surface area (Å²) in [7, 11) is 0. The summed E-state index contributed by atoms with van der Waals surface area (Å²) in [6.45, 7) is 6.53. The summed E-state index contributed by atoms with van der Waals surface area (Å²) >= 11 is 0. The Bertz CT molecular complexity index is 645. The second-order valence-corrected chi connectivity index (χ2v) is 7.65. The number of likely N-dealkylation sites (tertiary alicyclic amines) is 1. The maximum atomic E-state index is 13.6. The molecule has 6 nitrogen and oxygen atoms in total. The zero-order valence-corrected chi connectivity index (χ0v) is 16.3. The Kier molecular flexibility index (Phi) is 7.45. The van der Waals surface area contributed by atoms with E-state index in [-0.39, 0.29) is 30.7 Å². The molecule has 1 saturated heterocycles. The van der Waals surface area contributed by atoms with Gasteiger partial charge in [0.25, 0.3) is 0 Å². The lowest BCUT2D eigenvalue weighted by atomic mass is 10.0. The van der Waals surface area contributed by atoms with Crippen molar-refractivity contribution in [2.24, 2.45) is 0 Å². The molecule has 0 aliphatic carbocycles. The van der Waals surface area contributed by atoms with Crippen LogP contribution in [0.3, 0.4) is 0 Å². The number of ether oxygens (including phenoxy) is 2. The van der Waals surface area contributed by atoms with E-state index in [4.69, 9.17) is 9.47 Å². The maximum absolute atomic E-state index is 13.6. The number of hydrogen-bond acceptors (Lipinski definition) is 4. The van der Waals surface area contributed by atoms with Crippen LogP contribution in [0.5, 0.6) is 5.75 Å². The first-order valence-electron chi connectivity index (χ1n) is 9.40. The number of piperidine rings is 1. The van der Waals surface area contributed by atoms with Gasteiger partial charge in [-0.3, -0.25) is 4.79 Å². The number of carbonyl (C=O) groups excluding carboxylic acids is 2. The number of benzene rings is 1. The Labute approximate surface area is 160 Å². The van der Waals surface area contributed by atoms with Gasteiger partial charge in [-0.2, -0.15) is 0 Å². The van der Waals surface area contributed by atoms with Gasteiger partial charge in [0.1, 0.15) is 5.60 Å². The fourth-order valence-corrected chi connectivity index (χ4v) is 3.01. The van der Waals surface area contributed by atoms with Crippen LogP contribution in [-0.2, 0) is 9.53 Å². The number of hydrogen-bond donors (Lipinski definition) is 1. The van der Waals surface area contributed by atoms with Gasteiger partial charge >= 0.3 is 6.09 Å². The summed E-state index contributed by atoms with van der Waals surface area (Å²) in [5.41, 5.74) is -0.559. The Balaban J connectivity index is 1.81. The maximum Gasteiger partial charge on any atom is 0.407 e. The Morgan fingerprint density at radius 3 is 2.70 bits per heavy atom. The Hall–Kier alpha value is -2.31. The minimum absolute atomic E-state index is 0.0537. The molecule has 1 fully saturated rings. The second-order valence-electron chi connectivity index (χ2n) is 7.65. The van der Waals surface area contributed by atoms with Crippen LogP contribution in [0.25, 0.3) is 0 Å². The highest BCUT2D eigenvalue weighted by molar-refractivity contribution is 5.77. The van der Waals surface area contributed by atoms with Gasteiger partial charge in [-0.25, -0.2) is 9.18 Å². The van der Waals surface area contributed by atoms with E-state index in [1.807, 2.05) is 0 Å². The number of alkyl carbamates (subject to hydrolysis) is 1. The summed E-state index contributed by atoms with van der Waals surface area (Å²) in [5, 5.41) is 2.75. The second kappa shape index (κ2) is 9.58. The highest BCUT2D eigenvalue weighted by Crippen LogP contribution is 2.19. The van der Waals surface area contributed by atoms with E-state index in [2.05, 4.69) is 5.32 Å². The molecular formula is C20H29FN2O4. The van der Waals surface area contributed by atoms with E-state index in [1.165, 1.54) is 12.1 Å². The highest BCUT2D eigenvalue weighted by atomic mass is 19.1. The van der Waals surface area contributed by atoms with E-state index in [0.717, 1.165) is 19.3 Å². The van der Waals surface area contributed by atoms with E-state index in [0.29, 0.717) is 13.1 Å². The fraction of sp³-hybridized carbons (Fsp3) is 0.600. The highest BCUT2D eigenvalue weighted by Gasteiger charge is 2.27. The molecule has 1 aromatic carbocycles. The van der Waals surface area contributed by atoms with Crippen molar-refractivity contribution in [1.29, 1.82) is 0 Å². The van der Waals surface area contributed by atoms with Crippen molar-refractivity contribution in [2.45, 2.75) is 58.1 Å². The molecule has 1 aromatic rings. The number of nitrogens with zero attached hydrogens (tertiary/aromatic N) is 1. The minimum Gasteiger partial charge on any atom is -0.490 e. The van der Waals surface area contributed by atoms with Crippen LogP contribution in [0.2, 0.25) is 0 Å². The summed E-state index contributed by atoms with van der Waals surface area (Å²) in [4.78, 5) is 26.2. The molecule has 0 saturated carbocycles. The first-order valence-corrected chi connectivity index (χ1v) is 9.40. The van der Waals surface area contributed by atoms with Crippen LogP contribution in [0.4, 0.5) is 9.18 Å². The molecule has 1 aliphatic rings. The van der Waals surface area contributed by atoms with Crippen molar-refractivity contribution in [3.8, 4) is 5.75 Å². The quantitative estimate of drug-likeness (QED) is 0.820. The summed E-state index contributed by atoms with van der Waals surface area (Å²) in [5.74, 6) is -0.350. The summed E-state index contributed by atoms with van der Waals surface area (Å²) in [6.07, 6.45) is 2.45. The van der Waals surface area contributed by atoms with E-state index < -0.39 is 17.5 Å². The molecule has 1 atom stereocenters. The van der Waals surface area contributed by atoms with Crippen LogP contribution >= 0.6 is 0 Å². The van der Waals surface area contributed by atoms with Crippen molar-refractivity contribution in [3.63, 3.8) is 0 Å². The molecule has 2 amide bonds. The van der Waals surface area contributed by atoms with Gasteiger partial charge in [0.2, 0.25) is 5.91 Å². The molecule has 150 valence electrons. The number of amides is 2. The third kappa shape index (κ3) is 7.07. The van der Waals surface area contributed by atoms with Gasteiger partial charge in [-0.15, -0.1) is 0 Å². The van der Waals surface area contributed by atoms with Crippen molar-refractivity contribution < 1.29 is 23.5 Å².